The first-order valence-electron chi connectivity index (χ1n) is 13.8. The molecule has 0 aliphatic carbocycles. The molecule has 0 aliphatic heterocycles. The number of carbonyl (C=O) groups is 2. The van der Waals surface area contributed by atoms with E-state index in [1.807, 2.05) is 32.9 Å². The summed E-state index contributed by atoms with van der Waals surface area (Å²) >= 11 is 0. The zero-order valence-electron chi connectivity index (χ0n) is 24.1. The van der Waals surface area contributed by atoms with Gasteiger partial charge in [-0.1, -0.05) is 44.2 Å². The minimum Gasteiger partial charge on any atom is -0.497 e. The number of nitrogens with one attached hydrogen (secondary N) is 1. The summed E-state index contributed by atoms with van der Waals surface area (Å²) in [5.74, 6) is 0.455. The Hall–Kier alpha value is -4.05. The summed E-state index contributed by atoms with van der Waals surface area (Å²) in [7, 11) is -2.56. The van der Waals surface area contributed by atoms with Crippen LogP contribution in [0.2, 0.25) is 0 Å². The number of methoxy groups -OCH3 is 1. The first-order chi connectivity index (χ1) is 19.7. The minimum absolute atomic E-state index is 0.0520. The van der Waals surface area contributed by atoms with Crippen LogP contribution in [-0.4, -0.2) is 58.0 Å². The van der Waals surface area contributed by atoms with Gasteiger partial charge in [0.05, 0.1) is 24.3 Å². The van der Waals surface area contributed by atoms with Crippen LogP contribution in [0.4, 0.5) is 5.69 Å². The zero-order valence-corrected chi connectivity index (χ0v) is 24.9. The first-order valence-corrected chi connectivity index (χ1v) is 15.2. The van der Waals surface area contributed by atoms with Crippen molar-refractivity contribution < 1.29 is 27.5 Å². The van der Waals surface area contributed by atoms with Crippen LogP contribution in [0.5, 0.6) is 11.5 Å². The van der Waals surface area contributed by atoms with Gasteiger partial charge in [-0.05, 0) is 73.9 Å². The molecule has 0 saturated heterocycles. The second-order valence-corrected chi connectivity index (χ2v) is 11.2. The highest BCUT2D eigenvalue weighted by Gasteiger charge is 2.33. The number of ether oxygens (including phenoxy) is 2. The minimum atomic E-state index is -4.13. The van der Waals surface area contributed by atoms with Gasteiger partial charge in [-0.25, -0.2) is 8.42 Å². The van der Waals surface area contributed by atoms with Crippen LogP contribution >= 0.6 is 0 Å². The van der Waals surface area contributed by atoms with Crippen molar-refractivity contribution in [2.24, 2.45) is 0 Å². The number of rotatable bonds is 15. The SMILES string of the molecule is CCCNC(=O)[C@@H](CC)N(Cc1ccc(OC)cc1)C(=O)CN(c1ccc(OCC)cc1)S(=O)(=O)c1ccccc1. The van der Waals surface area contributed by atoms with Gasteiger partial charge in [-0.2, -0.15) is 0 Å². The van der Waals surface area contributed by atoms with Gasteiger partial charge in [0.15, 0.2) is 0 Å². The van der Waals surface area contributed by atoms with Crippen LogP contribution in [0.25, 0.3) is 0 Å². The highest BCUT2D eigenvalue weighted by molar-refractivity contribution is 7.92. The fraction of sp³-hybridized carbons (Fsp3) is 0.355. The van der Waals surface area contributed by atoms with Crippen molar-refractivity contribution in [3.63, 3.8) is 0 Å². The summed E-state index contributed by atoms with van der Waals surface area (Å²) in [5.41, 5.74) is 1.08. The van der Waals surface area contributed by atoms with E-state index in [1.54, 1.807) is 61.7 Å². The number of carbonyl (C=O) groups excluding carboxylic acids is 2. The number of hydrogen-bond donors (Lipinski definition) is 1. The Morgan fingerprint density at radius 3 is 2.07 bits per heavy atom. The van der Waals surface area contributed by atoms with Crippen molar-refractivity contribution in [2.75, 3.05) is 31.1 Å². The third-order valence-electron chi connectivity index (χ3n) is 6.49. The molecule has 0 heterocycles. The Balaban J connectivity index is 2.03. The molecule has 0 aliphatic rings. The molecule has 9 nitrogen and oxygen atoms in total. The van der Waals surface area contributed by atoms with E-state index in [-0.39, 0.29) is 17.3 Å². The Labute approximate surface area is 243 Å². The summed E-state index contributed by atoms with van der Waals surface area (Å²) in [6.07, 6.45) is 1.10. The standard InChI is InChI=1S/C31H39N3O6S/c1-5-21-32-31(36)29(6-2)33(22-24-13-17-26(39-4)18-14-24)30(35)23-34(25-15-19-27(20-16-25)40-7-3)41(37,38)28-11-9-8-10-12-28/h8-20,29H,5-7,21-23H2,1-4H3,(H,32,36)/t29-/m1/s1. The number of anilines is 1. The van der Waals surface area contributed by atoms with E-state index >= 15 is 0 Å². The van der Waals surface area contributed by atoms with E-state index in [4.69, 9.17) is 9.47 Å². The van der Waals surface area contributed by atoms with Gasteiger partial charge in [0, 0.05) is 13.1 Å². The third kappa shape index (κ3) is 8.23. The lowest BCUT2D eigenvalue weighted by Crippen LogP contribution is -2.52. The Morgan fingerprint density at radius 2 is 1.51 bits per heavy atom. The fourth-order valence-corrected chi connectivity index (χ4v) is 5.77. The Bertz CT molecular complexity index is 1360. The maximum absolute atomic E-state index is 14.1. The second kappa shape index (κ2) is 15.1. The van der Waals surface area contributed by atoms with Crippen molar-refractivity contribution >= 4 is 27.5 Å². The van der Waals surface area contributed by atoms with Crippen LogP contribution in [0.3, 0.4) is 0 Å². The lowest BCUT2D eigenvalue weighted by atomic mass is 10.1. The first kappa shape index (κ1) is 31.5. The zero-order chi connectivity index (χ0) is 29.8. The average Bonchev–Trinajstić information content (AvgIpc) is 3.00. The summed E-state index contributed by atoms with van der Waals surface area (Å²) in [4.78, 5) is 28.7. The Morgan fingerprint density at radius 1 is 0.878 bits per heavy atom. The third-order valence-corrected chi connectivity index (χ3v) is 8.28. The van der Waals surface area contributed by atoms with E-state index < -0.39 is 28.5 Å². The molecule has 1 atom stereocenters. The quantitative estimate of drug-likeness (QED) is 0.281. The molecule has 41 heavy (non-hydrogen) atoms. The van der Waals surface area contributed by atoms with Gasteiger partial charge in [0.25, 0.3) is 10.0 Å². The Kier molecular flexibility index (Phi) is 11.6. The molecule has 10 heteroatoms. The highest BCUT2D eigenvalue weighted by Crippen LogP contribution is 2.27. The molecule has 3 aromatic carbocycles. The number of sulfonamides is 1. The van der Waals surface area contributed by atoms with E-state index in [9.17, 15) is 18.0 Å². The lowest BCUT2D eigenvalue weighted by Gasteiger charge is -2.33. The van der Waals surface area contributed by atoms with Gasteiger partial charge in [-0.3, -0.25) is 13.9 Å². The van der Waals surface area contributed by atoms with E-state index in [0.717, 1.165) is 16.3 Å². The number of benzene rings is 3. The molecule has 0 unspecified atom stereocenters. The van der Waals surface area contributed by atoms with Crippen molar-refractivity contribution in [3.05, 3.63) is 84.4 Å². The molecule has 0 spiro atoms. The number of amides is 2. The van der Waals surface area contributed by atoms with Crippen LogP contribution < -0.4 is 19.1 Å². The van der Waals surface area contributed by atoms with Crippen molar-refractivity contribution in [1.82, 2.24) is 10.2 Å². The van der Waals surface area contributed by atoms with E-state index in [1.165, 1.54) is 17.0 Å². The van der Waals surface area contributed by atoms with Gasteiger partial charge in [-0.15, -0.1) is 0 Å². The smallest absolute Gasteiger partial charge is 0.264 e. The molecule has 0 saturated carbocycles. The predicted octanol–water partition coefficient (Wildman–Crippen LogP) is 4.62. The maximum Gasteiger partial charge on any atom is 0.264 e. The number of nitrogens with zero attached hydrogens (tertiary/aromatic N) is 2. The average molecular weight is 582 g/mol. The van der Waals surface area contributed by atoms with Crippen LogP contribution in [0.15, 0.2) is 83.8 Å². The van der Waals surface area contributed by atoms with Gasteiger partial charge < -0.3 is 19.7 Å². The molecular formula is C31H39N3O6S. The summed E-state index contributed by atoms with van der Waals surface area (Å²) in [6.45, 7) is 6.18. The monoisotopic (exact) mass is 581 g/mol. The van der Waals surface area contributed by atoms with Crippen molar-refractivity contribution in [3.8, 4) is 11.5 Å². The summed E-state index contributed by atoms with van der Waals surface area (Å²) in [5, 5.41) is 2.88. The van der Waals surface area contributed by atoms with Gasteiger partial charge in [0.1, 0.15) is 24.1 Å². The lowest BCUT2D eigenvalue weighted by molar-refractivity contribution is -0.140. The largest absolute Gasteiger partial charge is 0.497 e. The van der Waals surface area contributed by atoms with Gasteiger partial charge in [0.2, 0.25) is 11.8 Å². The molecule has 0 fully saturated rings. The van der Waals surface area contributed by atoms with E-state index in [0.29, 0.717) is 36.8 Å². The predicted molar refractivity (Wildman–Crippen MR) is 160 cm³/mol. The second-order valence-electron chi connectivity index (χ2n) is 9.34. The summed E-state index contributed by atoms with van der Waals surface area (Å²) < 4.78 is 39.6. The normalized spacial score (nSPS) is 11.8. The molecule has 0 bridgehead atoms. The van der Waals surface area contributed by atoms with Crippen LogP contribution in [-0.2, 0) is 26.2 Å². The molecule has 3 rings (SSSR count). The molecular weight excluding hydrogens is 542 g/mol. The van der Waals surface area contributed by atoms with Crippen LogP contribution in [0, 0.1) is 0 Å². The summed E-state index contributed by atoms with van der Waals surface area (Å²) in [6, 6.07) is 20.9. The fourth-order valence-electron chi connectivity index (χ4n) is 4.34. The van der Waals surface area contributed by atoms with Crippen molar-refractivity contribution in [1.29, 1.82) is 0 Å². The molecule has 1 N–H and O–H groups in total. The van der Waals surface area contributed by atoms with Crippen LogP contribution in [0.1, 0.15) is 39.2 Å². The molecule has 2 amide bonds. The molecule has 220 valence electrons. The topological polar surface area (TPSA) is 105 Å². The molecule has 3 aromatic rings. The molecule has 0 aromatic heterocycles. The maximum atomic E-state index is 14.1. The van der Waals surface area contributed by atoms with Crippen molar-refractivity contribution in [2.45, 2.75) is 51.1 Å². The van der Waals surface area contributed by atoms with Gasteiger partial charge >= 0.3 is 0 Å². The molecule has 0 radical (unpaired) electrons. The number of hydrogen-bond acceptors (Lipinski definition) is 6. The highest BCUT2D eigenvalue weighted by atomic mass is 32.2. The van der Waals surface area contributed by atoms with E-state index in [2.05, 4.69) is 5.32 Å².